The van der Waals surface area contributed by atoms with Crippen LogP contribution in [0.3, 0.4) is 0 Å². The highest BCUT2D eigenvalue weighted by molar-refractivity contribution is 5.77. The molecular weight excluding hydrogens is 625 g/mol. The Balaban J connectivity index is 0. The van der Waals surface area contributed by atoms with Crippen LogP contribution in [0.2, 0.25) is 0 Å². The molecule has 1 N–H and O–H groups in total. The van der Waals surface area contributed by atoms with Gasteiger partial charge in [0.15, 0.2) is 0 Å². The van der Waals surface area contributed by atoms with Crippen molar-refractivity contribution >= 4 is 5.97 Å². The van der Waals surface area contributed by atoms with Gasteiger partial charge in [0.1, 0.15) is 0 Å². The first kappa shape index (κ1) is 38.0. The number of carboxylic acids is 1. The zero-order valence-electron chi connectivity index (χ0n) is 16.0. The fourth-order valence-electron chi connectivity index (χ4n) is 1.89. The lowest BCUT2D eigenvalue weighted by Gasteiger charge is -2.44. The number of hydrogen-bond donors (Lipinski definition) is 1. The van der Waals surface area contributed by atoms with Crippen molar-refractivity contribution in [3.8, 4) is 0 Å². The SMILES string of the molecule is O=C(O)C(F)(F)C(F)(F)C(F)(F)C(F)(F)C(F)(F)C(F)(F)C(F)(F)C(F)(F)C(F)(F)C(F)(F)C(F)(F)F.[C]. The van der Waals surface area contributed by atoms with Crippen LogP contribution in [-0.4, -0.2) is 76.5 Å². The van der Waals surface area contributed by atoms with Crippen molar-refractivity contribution in [2.75, 3.05) is 0 Å². The summed E-state index contributed by atoms with van der Waals surface area (Å²) < 4.78 is 298. The highest BCUT2D eigenvalue weighted by Gasteiger charge is 2.99. The Morgan fingerprint density at radius 3 is 0.658 bits per heavy atom. The van der Waals surface area contributed by atoms with Gasteiger partial charge in [0.2, 0.25) is 0 Å². The predicted octanol–water partition coefficient (Wildman–Crippen LogP) is 7.07. The first-order valence-corrected chi connectivity index (χ1v) is 7.52. The fraction of sp³-hybridized carbons (Fsp3) is 0.846. The van der Waals surface area contributed by atoms with Gasteiger partial charge in [-0.2, -0.15) is 101 Å². The minimum absolute atomic E-state index is 0. The number of alkyl halides is 23. The average molecular weight is 626 g/mol. The predicted molar refractivity (Wildman–Crippen MR) is 66.4 cm³/mol. The molecule has 0 fully saturated rings. The summed E-state index contributed by atoms with van der Waals surface area (Å²) >= 11 is 0. The van der Waals surface area contributed by atoms with Gasteiger partial charge in [-0.05, 0) is 0 Å². The van der Waals surface area contributed by atoms with Gasteiger partial charge in [-0.3, -0.25) is 0 Å². The van der Waals surface area contributed by atoms with Crippen LogP contribution in [0, 0.1) is 7.43 Å². The van der Waals surface area contributed by atoms with Crippen LogP contribution in [0.1, 0.15) is 0 Å². The first-order valence-electron chi connectivity index (χ1n) is 7.52. The third-order valence-corrected chi connectivity index (χ3v) is 4.17. The molecule has 2 nitrogen and oxygen atoms in total. The van der Waals surface area contributed by atoms with Crippen molar-refractivity contribution in [3.63, 3.8) is 0 Å². The van der Waals surface area contributed by atoms with E-state index in [4.69, 9.17) is 5.11 Å². The largest absolute Gasteiger partial charge is 0.477 e. The Morgan fingerprint density at radius 2 is 0.500 bits per heavy atom. The van der Waals surface area contributed by atoms with Gasteiger partial charge < -0.3 is 5.11 Å². The maximum atomic E-state index is 13.4. The quantitative estimate of drug-likeness (QED) is 0.264. The van der Waals surface area contributed by atoms with Gasteiger partial charge in [-0.25, -0.2) is 4.79 Å². The minimum Gasteiger partial charge on any atom is -0.477 e. The standard InChI is InChI=1S/C12HF23O2.C/c13-2(14,1(36)37)3(15,16)4(17,18)5(19,20)6(21,22)7(23,24)8(25,26)9(27,28)10(29,30)11(31,32)12(33,34)35;/h(H,36,37);. The Hall–Kier alpha value is -2.14. The minimum atomic E-state index is -9.50. The van der Waals surface area contributed by atoms with Crippen LogP contribution in [-0.2, 0) is 4.79 Å². The van der Waals surface area contributed by atoms with E-state index in [-0.39, 0.29) is 7.43 Å². The lowest BCUT2D eigenvalue weighted by atomic mass is 9.85. The monoisotopic (exact) mass is 626 g/mol. The molecule has 0 aliphatic carbocycles. The van der Waals surface area contributed by atoms with Crippen molar-refractivity contribution < 1.29 is 111 Å². The van der Waals surface area contributed by atoms with Gasteiger partial charge in [-0.1, -0.05) is 0 Å². The van der Waals surface area contributed by atoms with E-state index in [1.807, 2.05) is 0 Å². The molecule has 38 heavy (non-hydrogen) atoms. The van der Waals surface area contributed by atoms with Crippen LogP contribution >= 0.6 is 0 Å². The number of carboxylic acid groups (broad SMARTS) is 1. The summed E-state index contributed by atoms with van der Waals surface area (Å²) in [5.41, 5.74) is 0. The number of halogens is 23. The molecule has 0 bridgehead atoms. The lowest BCUT2D eigenvalue weighted by Crippen LogP contribution is -2.78. The van der Waals surface area contributed by atoms with Gasteiger partial charge in [0.05, 0.1) is 0 Å². The third-order valence-electron chi connectivity index (χ3n) is 4.17. The molecule has 4 radical (unpaired) electrons. The van der Waals surface area contributed by atoms with Crippen LogP contribution in [0.25, 0.3) is 0 Å². The molecule has 0 heterocycles. The average Bonchev–Trinajstić information content (AvgIpc) is 2.65. The Kier molecular flexibility index (Phi) is 8.94. The molecule has 0 amide bonds. The smallest absolute Gasteiger partial charge is 0.460 e. The highest BCUT2D eigenvalue weighted by atomic mass is 19.4. The topological polar surface area (TPSA) is 37.3 Å². The molecular formula is C13HF23O2. The van der Waals surface area contributed by atoms with Gasteiger partial charge in [0.25, 0.3) is 0 Å². The summed E-state index contributed by atoms with van der Waals surface area (Å²) in [6.07, 6.45) is -8.13. The molecule has 0 aliphatic rings. The van der Waals surface area contributed by atoms with Crippen molar-refractivity contribution in [2.24, 2.45) is 0 Å². The summed E-state index contributed by atoms with van der Waals surface area (Å²) in [5.74, 6) is -94.6. The maximum absolute atomic E-state index is 13.4. The van der Waals surface area contributed by atoms with Crippen molar-refractivity contribution in [1.82, 2.24) is 0 Å². The molecule has 0 rings (SSSR count). The zero-order chi connectivity index (χ0) is 31.1. The van der Waals surface area contributed by atoms with E-state index in [1.165, 1.54) is 0 Å². The van der Waals surface area contributed by atoms with E-state index in [0.29, 0.717) is 0 Å². The lowest BCUT2D eigenvalue weighted by molar-refractivity contribution is -0.477. The summed E-state index contributed by atoms with van der Waals surface area (Å²) in [6, 6.07) is 0. The van der Waals surface area contributed by atoms with Crippen molar-refractivity contribution in [1.29, 1.82) is 0 Å². The summed E-state index contributed by atoms with van der Waals surface area (Å²) in [7, 11) is 0. The van der Waals surface area contributed by atoms with E-state index in [1.54, 1.807) is 0 Å². The summed E-state index contributed by atoms with van der Waals surface area (Å²) in [6.45, 7) is 0. The molecule has 226 valence electrons. The molecule has 0 saturated carbocycles. The molecule has 0 aromatic carbocycles. The first-order chi connectivity index (χ1) is 15.4. The summed E-state index contributed by atoms with van der Waals surface area (Å²) in [4.78, 5) is 9.85. The van der Waals surface area contributed by atoms with Crippen LogP contribution < -0.4 is 0 Å². The molecule has 0 aromatic heterocycles. The van der Waals surface area contributed by atoms with Gasteiger partial charge >= 0.3 is 71.4 Å². The van der Waals surface area contributed by atoms with Crippen LogP contribution in [0.4, 0.5) is 101 Å². The van der Waals surface area contributed by atoms with E-state index in [0.717, 1.165) is 0 Å². The van der Waals surface area contributed by atoms with E-state index >= 15 is 0 Å². The van der Waals surface area contributed by atoms with Crippen molar-refractivity contribution in [2.45, 2.75) is 65.4 Å². The third kappa shape index (κ3) is 4.15. The maximum Gasteiger partial charge on any atom is 0.460 e. The molecule has 0 unspecified atom stereocenters. The molecule has 25 heteroatoms. The van der Waals surface area contributed by atoms with E-state index in [2.05, 4.69) is 0 Å². The number of carbonyl (C=O) groups is 1. The van der Waals surface area contributed by atoms with Gasteiger partial charge in [-0.15, -0.1) is 0 Å². The highest BCUT2D eigenvalue weighted by Crippen LogP contribution is 2.67. The summed E-state index contributed by atoms with van der Waals surface area (Å²) in [5, 5.41) is 7.63. The van der Waals surface area contributed by atoms with Crippen molar-refractivity contribution in [3.05, 3.63) is 7.43 Å². The molecule has 0 atom stereocenters. The van der Waals surface area contributed by atoms with Crippen LogP contribution in [0.5, 0.6) is 0 Å². The normalized spacial score (nSPS) is 16.3. The Labute approximate surface area is 191 Å². The molecule has 0 aliphatic heterocycles. The van der Waals surface area contributed by atoms with Crippen LogP contribution in [0.15, 0.2) is 0 Å². The Morgan fingerprint density at radius 1 is 0.342 bits per heavy atom. The molecule has 0 aromatic rings. The van der Waals surface area contributed by atoms with E-state index < -0.39 is 71.4 Å². The fourth-order valence-corrected chi connectivity index (χ4v) is 1.89. The van der Waals surface area contributed by atoms with Gasteiger partial charge in [0, 0.05) is 7.43 Å². The van der Waals surface area contributed by atoms with E-state index in [9.17, 15) is 106 Å². The molecule has 0 spiro atoms. The number of aliphatic carboxylic acids is 1. The molecule has 0 saturated heterocycles. The Bertz CT molecular complexity index is 880. The number of hydrogen-bond acceptors (Lipinski definition) is 1. The number of rotatable bonds is 10. The second-order valence-corrected chi connectivity index (χ2v) is 6.55. The zero-order valence-corrected chi connectivity index (χ0v) is 16.0. The second kappa shape index (κ2) is 8.94. The second-order valence-electron chi connectivity index (χ2n) is 6.55.